The topological polar surface area (TPSA) is 108 Å². The lowest BCUT2D eigenvalue weighted by Crippen LogP contribution is -2.12. The van der Waals surface area contributed by atoms with Gasteiger partial charge in [0.25, 0.3) is 11.6 Å². The van der Waals surface area contributed by atoms with Gasteiger partial charge in [0.15, 0.2) is 6.10 Å². The fourth-order valence-corrected chi connectivity index (χ4v) is 2.69. The molecule has 1 aromatic heterocycles. The molecule has 0 bridgehead atoms. The summed E-state index contributed by atoms with van der Waals surface area (Å²) in [6, 6.07) is 15.5. The van der Waals surface area contributed by atoms with E-state index in [0.717, 1.165) is 5.56 Å². The van der Waals surface area contributed by atoms with Gasteiger partial charge in [-0.05, 0) is 30.5 Å². The van der Waals surface area contributed by atoms with E-state index in [9.17, 15) is 14.9 Å². The summed E-state index contributed by atoms with van der Waals surface area (Å²) in [5.41, 5.74) is 1.57. The van der Waals surface area contributed by atoms with Crippen molar-refractivity contribution in [2.45, 2.75) is 32.3 Å². The zero-order valence-electron chi connectivity index (χ0n) is 15.4. The molecule has 0 saturated heterocycles. The molecular formula is C20H19N3O5. The highest BCUT2D eigenvalue weighted by atomic mass is 16.6. The lowest BCUT2D eigenvalue weighted by Gasteiger charge is -2.13. The maximum atomic E-state index is 12.2. The Morgan fingerprint density at radius 1 is 1.11 bits per heavy atom. The summed E-state index contributed by atoms with van der Waals surface area (Å²) in [7, 11) is 0. The number of ether oxygens (including phenoxy) is 1. The molecule has 0 aliphatic heterocycles. The minimum absolute atomic E-state index is 0.0271. The molecule has 0 N–H and O–H groups in total. The van der Waals surface area contributed by atoms with Crippen LogP contribution in [0.2, 0.25) is 0 Å². The molecule has 0 fully saturated rings. The Kier molecular flexibility index (Phi) is 5.78. The molecular weight excluding hydrogens is 362 g/mol. The highest BCUT2D eigenvalue weighted by Crippen LogP contribution is 2.25. The minimum Gasteiger partial charge on any atom is -0.453 e. The zero-order valence-corrected chi connectivity index (χ0v) is 15.4. The van der Waals surface area contributed by atoms with Crippen LogP contribution in [0.4, 0.5) is 5.69 Å². The third-order valence-corrected chi connectivity index (χ3v) is 4.26. The number of non-ortho nitro benzene ring substituents is 1. The highest BCUT2D eigenvalue weighted by molar-refractivity contribution is 5.70. The van der Waals surface area contributed by atoms with E-state index in [0.29, 0.717) is 5.56 Å². The van der Waals surface area contributed by atoms with Crippen LogP contribution < -0.4 is 0 Å². The van der Waals surface area contributed by atoms with Gasteiger partial charge in [0, 0.05) is 17.7 Å². The van der Waals surface area contributed by atoms with Crippen LogP contribution in [0.5, 0.6) is 0 Å². The van der Waals surface area contributed by atoms with Crippen molar-refractivity contribution in [3.8, 4) is 11.5 Å². The van der Waals surface area contributed by atoms with E-state index in [1.807, 2.05) is 37.3 Å². The molecule has 144 valence electrons. The molecule has 0 saturated carbocycles. The van der Waals surface area contributed by atoms with Crippen molar-refractivity contribution in [1.29, 1.82) is 0 Å². The number of carbonyl (C=O) groups excluding carboxylic acids is 1. The van der Waals surface area contributed by atoms with Gasteiger partial charge in [-0.2, -0.15) is 0 Å². The number of hydrogen-bond donors (Lipinski definition) is 0. The number of nitrogens with zero attached hydrogens (tertiary/aromatic N) is 3. The van der Waals surface area contributed by atoms with Crippen LogP contribution in [0.3, 0.4) is 0 Å². The summed E-state index contributed by atoms with van der Waals surface area (Å²) >= 11 is 0. The number of esters is 1. The molecule has 3 rings (SSSR count). The predicted octanol–water partition coefficient (Wildman–Crippen LogP) is 4.44. The number of nitro groups is 1. The number of rotatable bonds is 7. The largest absolute Gasteiger partial charge is 0.453 e. The van der Waals surface area contributed by atoms with Crippen molar-refractivity contribution < 1.29 is 18.9 Å². The first-order valence-corrected chi connectivity index (χ1v) is 8.76. The average Bonchev–Trinajstić information content (AvgIpc) is 3.19. The smallest absolute Gasteiger partial charge is 0.307 e. The van der Waals surface area contributed by atoms with Crippen molar-refractivity contribution in [3.63, 3.8) is 0 Å². The number of hydrogen-bond acceptors (Lipinski definition) is 7. The van der Waals surface area contributed by atoms with Gasteiger partial charge in [-0.3, -0.25) is 14.9 Å². The van der Waals surface area contributed by atoms with E-state index in [-0.39, 0.29) is 35.8 Å². The first-order valence-electron chi connectivity index (χ1n) is 8.76. The van der Waals surface area contributed by atoms with Crippen LogP contribution in [-0.2, 0) is 9.53 Å². The Labute approximate surface area is 161 Å². The summed E-state index contributed by atoms with van der Waals surface area (Å²) in [6.07, 6.45) is -0.465. The maximum Gasteiger partial charge on any atom is 0.307 e. The molecule has 0 aliphatic rings. The Bertz CT molecular complexity index is 953. The van der Waals surface area contributed by atoms with E-state index in [1.165, 1.54) is 24.3 Å². The summed E-state index contributed by atoms with van der Waals surface area (Å²) in [4.78, 5) is 22.4. The van der Waals surface area contributed by atoms with Crippen LogP contribution >= 0.6 is 0 Å². The van der Waals surface area contributed by atoms with Gasteiger partial charge >= 0.3 is 5.97 Å². The molecule has 28 heavy (non-hydrogen) atoms. The van der Waals surface area contributed by atoms with Gasteiger partial charge in [0.1, 0.15) is 0 Å². The van der Waals surface area contributed by atoms with Crippen LogP contribution in [0.25, 0.3) is 11.5 Å². The number of nitro benzene ring substituents is 1. The molecule has 8 heteroatoms. The molecule has 2 atom stereocenters. The van der Waals surface area contributed by atoms with E-state index >= 15 is 0 Å². The lowest BCUT2D eigenvalue weighted by molar-refractivity contribution is -0.384. The first kappa shape index (κ1) is 19.2. The second-order valence-corrected chi connectivity index (χ2v) is 6.40. The summed E-state index contributed by atoms with van der Waals surface area (Å²) in [5.74, 6) is 0.0257. The second kappa shape index (κ2) is 8.43. The van der Waals surface area contributed by atoms with Crippen molar-refractivity contribution in [2.24, 2.45) is 0 Å². The molecule has 2 aromatic carbocycles. The Morgan fingerprint density at radius 3 is 2.43 bits per heavy atom. The number of aromatic nitrogens is 2. The van der Waals surface area contributed by atoms with Gasteiger partial charge in [-0.15, -0.1) is 10.2 Å². The first-order chi connectivity index (χ1) is 13.4. The van der Waals surface area contributed by atoms with Crippen molar-refractivity contribution >= 4 is 11.7 Å². The Morgan fingerprint density at radius 2 is 1.79 bits per heavy atom. The quantitative estimate of drug-likeness (QED) is 0.338. The fourth-order valence-electron chi connectivity index (χ4n) is 2.69. The minimum atomic E-state index is -0.699. The molecule has 0 unspecified atom stereocenters. The van der Waals surface area contributed by atoms with Gasteiger partial charge in [-0.25, -0.2) is 0 Å². The number of benzene rings is 2. The lowest BCUT2D eigenvalue weighted by atomic mass is 9.98. The standard InChI is InChI=1S/C20H19N3O5/c1-13(15-6-4-3-5-7-15)12-18(24)27-14(2)19-21-22-20(28-19)16-8-10-17(11-9-16)23(25)26/h3-11,13-14H,12H2,1-2H3/t13-,14-/m0/s1. The van der Waals surface area contributed by atoms with Crippen LogP contribution in [0.1, 0.15) is 43.7 Å². The molecule has 0 radical (unpaired) electrons. The van der Waals surface area contributed by atoms with E-state index in [1.54, 1.807) is 6.92 Å². The summed E-state index contributed by atoms with van der Waals surface area (Å²) in [6.45, 7) is 3.61. The van der Waals surface area contributed by atoms with E-state index in [4.69, 9.17) is 9.15 Å². The van der Waals surface area contributed by atoms with Gasteiger partial charge in [0.2, 0.25) is 5.89 Å². The predicted molar refractivity (Wildman–Crippen MR) is 100 cm³/mol. The van der Waals surface area contributed by atoms with Crippen molar-refractivity contribution in [1.82, 2.24) is 10.2 Å². The zero-order chi connectivity index (χ0) is 20.1. The van der Waals surface area contributed by atoms with Crippen LogP contribution in [0.15, 0.2) is 59.0 Å². The second-order valence-electron chi connectivity index (χ2n) is 6.40. The van der Waals surface area contributed by atoms with Gasteiger partial charge in [-0.1, -0.05) is 37.3 Å². The molecule has 3 aromatic rings. The van der Waals surface area contributed by atoms with Crippen molar-refractivity contribution in [2.75, 3.05) is 0 Å². The van der Waals surface area contributed by atoms with Crippen LogP contribution in [-0.4, -0.2) is 21.1 Å². The normalized spacial score (nSPS) is 12.9. The van der Waals surface area contributed by atoms with Crippen LogP contribution in [0, 0.1) is 10.1 Å². The fraction of sp³-hybridized carbons (Fsp3) is 0.250. The maximum absolute atomic E-state index is 12.2. The Hall–Kier alpha value is -3.55. The SMILES string of the molecule is C[C@H](OC(=O)C[C@H](C)c1ccccc1)c1nnc(-c2ccc([N+](=O)[O-])cc2)o1. The van der Waals surface area contributed by atoms with E-state index < -0.39 is 11.0 Å². The summed E-state index contributed by atoms with van der Waals surface area (Å²) in [5, 5.41) is 18.6. The molecule has 0 amide bonds. The summed E-state index contributed by atoms with van der Waals surface area (Å²) < 4.78 is 11.0. The molecule has 0 aliphatic carbocycles. The number of carbonyl (C=O) groups is 1. The van der Waals surface area contributed by atoms with Gasteiger partial charge in [0.05, 0.1) is 11.3 Å². The van der Waals surface area contributed by atoms with E-state index in [2.05, 4.69) is 10.2 Å². The molecule has 1 heterocycles. The molecule has 8 nitrogen and oxygen atoms in total. The average molecular weight is 381 g/mol. The van der Waals surface area contributed by atoms with Crippen molar-refractivity contribution in [3.05, 3.63) is 76.2 Å². The molecule has 0 spiro atoms. The third-order valence-electron chi connectivity index (χ3n) is 4.26. The highest BCUT2D eigenvalue weighted by Gasteiger charge is 2.21. The van der Waals surface area contributed by atoms with Gasteiger partial charge < -0.3 is 9.15 Å². The Balaban J connectivity index is 1.61. The monoisotopic (exact) mass is 381 g/mol. The third kappa shape index (κ3) is 4.59.